The maximum Gasteiger partial charge on any atom is 0.0675 e. The summed E-state index contributed by atoms with van der Waals surface area (Å²) in [4.78, 5) is 4.25. The zero-order valence-electron chi connectivity index (χ0n) is 11.6. The van der Waals surface area contributed by atoms with Crippen molar-refractivity contribution in [2.45, 2.75) is 25.7 Å². The molecule has 0 saturated carbocycles. The molecule has 1 saturated heterocycles. The van der Waals surface area contributed by atoms with Gasteiger partial charge in [-0.3, -0.25) is 9.67 Å². The second-order valence-electron chi connectivity index (χ2n) is 5.24. The lowest BCUT2D eigenvalue weighted by Gasteiger charge is -2.24. The van der Waals surface area contributed by atoms with Gasteiger partial charge < -0.3 is 5.32 Å². The van der Waals surface area contributed by atoms with E-state index in [9.17, 15) is 0 Å². The van der Waals surface area contributed by atoms with Crippen molar-refractivity contribution in [2.75, 3.05) is 13.1 Å². The van der Waals surface area contributed by atoms with Gasteiger partial charge in [0.05, 0.1) is 5.69 Å². The topological polar surface area (TPSA) is 42.7 Å². The van der Waals surface area contributed by atoms with E-state index in [2.05, 4.69) is 40.1 Å². The van der Waals surface area contributed by atoms with Crippen LogP contribution in [0.1, 0.15) is 30.1 Å². The second kappa shape index (κ2) is 5.13. The molecule has 0 unspecified atom stereocenters. The highest BCUT2D eigenvalue weighted by Crippen LogP contribution is 2.35. The zero-order valence-corrected chi connectivity index (χ0v) is 11.6. The van der Waals surface area contributed by atoms with Crippen molar-refractivity contribution in [1.29, 1.82) is 0 Å². The molecule has 0 atom stereocenters. The summed E-state index contributed by atoms with van der Waals surface area (Å²) in [6.45, 7) is 4.29. The first-order chi connectivity index (χ1) is 9.27. The number of aryl methyl sites for hydroxylation is 2. The van der Waals surface area contributed by atoms with Crippen molar-refractivity contribution in [3.8, 4) is 11.1 Å². The maximum atomic E-state index is 4.63. The number of piperidine rings is 1. The Labute approximate surface area is 113 Å². The van der Waals surface area contributed by atoms with E-state index >= 15 is 0 Å². The minimum absolute atomic E-state index is 0.600. The molecule has 2 aromatic heterocycles. The first kappa shape index (κ1) is 12.4. The highest BCUT2D eigenvalue weighted by molar-refractivity contribution is 5.68. The van der Waals surface area contributed by atoms with E-state index in [1.165, 1.54) is 29.7 Å². The monoisotopic (exact) mass is 256 g/mol. The fourth-order valence-corrected chi connectivity index (χ4v) is 3.11. The lowest BCUT2D eigenvalue weighted by Crippen LogP contribution is -2.27. The molecule has 3 heterocycles. The van der Waals surface area contributed by atoms with E-state index in [1.807, 2.05) is 18.5 Å². The number of rotatable bonds is 2. The number of nitrogens with zero attached hydrogens (tertiary/aromatic N) is 3. The number of hydrogen-bond acceptors (Lipinski definition) is 3. The average molecular weight is 256 g/mol. The van der Waals surface area contributed by atoms with Crippen LogP contribution in [-0.4, -0.2) is 27.9 Å². The standard InChI is InChI=1S/C15H20N4/c1-11-14(13-4-3-7-17-10-13)15(19(2)18-11)12-5-8-16-9-6-12/h3-4,7,10,12,16H,5-6,8-9H2,1-2H3. The summed E-state index contributed by atoms with van der Waals surface area (Å²) < 4.78 is 2.06. The van der Waals surface area contributed by atoms with Gasteiger partial charge in [-0.15, -0.1) is 0 Å². The molecular weight excluding hydrogens is 236 g/mol. The van der Waals surface area contributed by atoms with Crippen LogP contribution in [0.3, 0.4) is 0 Å². The molecule has 100 valence electrons. The lowest BCUT2D eigenvalue weighted by molar-refractivity contribution is 0.440. The minimum atomic E-state index is 0.600. The highest BCUT2D eigenvalue weighted by atomic mass is 15.3. The number of pyridine rings is 1. The summed E-state index contributed by atoms with van der Waals surface area (Å²) in [5.74, 6) is 0.600. The molecule has 4 heteroatoms. The molecule has 4 nitrogen and oxygen atoms in total. The average Bonchev–Trinajstić information content (AvgIpc) is 2.75. The van der Waals surface area contributed by atoms with Gasteiger partial charge in [0.1, 0.15) is 0 Å². The molecule has 0 amide bonds. The predicted molar refractivity (Wildman–Crippen MR) is 76.0 cm³/mol. The third-order valence-corrected chi connectivity index (χ3v) is 3.94. The van der Waals surface area contributed by atoms with Crippen LogP contribution in [0.5, 0.6) is 0 Å². The maximum absolute atomic E-state index is 4.63. The Morgan fingerprint density at radius 2 is 2.11 bits per heavy atom. The van der Waals surface area contributed by atoms with E-state index in [4.69, 9.17) is 0 Å². The van der Waals surface area contributed by atoms with Gasteiger partial charge in [0.2, 0.25) is 0 Å². The molecular formula is C15H20N4. The predicted octanol–water partition coefficient (Wildman–Crippen LogP) is 2.26. The van der Waals surface area contributed by atoms with Gasteiger partial charge in [0.25, 0.3) is 0 Å². The highest BCUT2D eigenvalue weighted by Gasteiger charge is 2.24. The number of aromatic nitrogens is 3. The van der Waals surface area contributed by atoms with Crippen molar-refractivity contribution in [3.63, 3.8) is 0 Å². The molecule has 0 bridgehead atoms. The van der Waals surface area contributed by atoms with Crippen LogP contribution in [-0.2, 0) is 7.05 Å². The van der Waals surface area contributed by atoms with Gasteiger partial charge >= 0.3 is 0 Å². The largest absolute Gasteiger partial charge is 0.317 e. The SMILES string of the molecule is Cc1nn(C)c(C2CCNCC2)c1-c1cccnc1. The molecule has 1 fully saturated rings. The van der Waals surface area contributed by atoms with Gasteiger partial charge in [0.15, 0.2) is 0 Å². The lowest BCUT2D eigenvalue weighted by atomic mass is 9.89. The summed E-state index contributed by atoms with van der Waals surface area (Å²) in [5, 5.41) is 8.06. The van der Waals surface area contributed by atoms with Crippen LogP contribution in [0.15, 0.2) is 24.5 Å². The Hall–Kier alpha value is -1.68. The summed E-state index contributed by atoms with van der Waals surface area (Å²) in [6.07, 6.45) is 6.13. The van der Waals surface area contributed by atoms with E-state index in [0.29, 0.717) is 5.92 Å². The second-order valence-corrected chi connectivity index (χ2v) is 5.24. The van der Waals surface area contributed by atoms with Gasteiger partial charge in [0, 0.05) is 42.2 Å². The van der Waals surface area contributed by atoms with Gasteiger partial charge in [-0.1, -0.05) is 6.07 Å². The van der Waals surface area contributed by atoms with Gasteiger partial charge in [-0.2, -0.15) is 5.10 Å². The van der Waals surface area contributed by atoms with Crippen LogP contribution in [0, 0.1) is 6.92 Å². The van der Waals surface area contributed by atoms with Gasteiger partial charge in [-0.05, 0) is 38.9 Å². The normalized spacial score (nSPS) is 16.7. The smallest absolute Gasteiger partial charge is 0.0675 e. The molecule has 1 N–H and O–H groups in total. The summed E-state index contributed by atoms with van der Waals surface area (Å²) in [5.41, 5.74) is 4.93. The Morgan fingerprint density at radius 3 is 2.79 bits per heavy atom. The Balaban J connectivity index is 2.08. The third kappa shape index (κ3) is 2.28. The van der Waals surface area contributed by atoms with E-state index in [0.717, 1.165) is 18.8 Å². The van der Waals surface area contributed by atoms with Gasteiger partial charge in [-0.25, -0.2) is 0 Å². The van der Waals surface area contributed by atoms with E-state index in [-0.39, 0.29) is 0 Å². The van der Waals surface area contributed by atoms with E-state index in [1.54, 1.807) is 0 Å². The van der Waals surface area contributed by atoms with Crippen LogP contribution in [0.4, 0.5) is 0 Å². The van der Waals surface area contributed by atoms with Crippen LogP contribution >= 0.6 is 0 Å². The summed E-state index contributed by atoms with van der Waals surface area (Å²) in [7, 11) is 2.06. The van der Waals surface area contributed by atoms with Crippen LogP contribution in [0.2, 0.25) is 0 Å². The molecule has 0 spiro atoms. The van der Waals surface area contributed by atoms with Crippen molar-refractivity contribution in [3.05, 3.63) is 35.9 Å². The number of nitrogens with one attached hydrogen (secondary N) is 1. The quantitative estimate of drug-likeness (QED) is 0.896. The molecule has 3 rings (SSSR count). The summed E-state index contributed by atoms with van der Waals surface area (Å²) in [6, 6.07) is 4.12. The minimum Gasteiger partial charge on any atom is -0.317 e. The molecule has 19 heavy (non-hydrogen) atoms. The fraction of sp³-hybridized carbons (Fsp3) is 0.467. The molecule has 1 aliphatic heterocycles. The first-order valence-electron chi connectivity index (χ1n) is 6.92. The first-order valence-corrected chi connectivity index (χ1v) is 6.92. The van der Waals surface area contributed by atoms with Crippen molar-refractivity contribution in [1.82, 2.24) is 20.1 Å². The zero-order chi connectivity index (χ0) is 13.2. The van der Waals surface area contributed by atoms with Crippen molar-refractivity contribution in [2.24, 2.45) is 7.05 Å². The molecule has 0 radical (unpaired) electrons. The fourth-order valence-electron chi connectivity index (χ4n) is 3.11. The summed E-state index contributed by atoms with van der Waals surface area (Å²) >= 11 is 0. The third-order valence-electron chi connectivity index (χ3n) is 3.94. The van der Waals surface area contributed by atoms with Crippen molar-refractivity contribution < 1.29 is 0 Å². The Morgan fingerprint density at radius 1 is 1.32 bits per heavy atom. The molecule has 2 aromatic rings. The van der Waals surface area contributed by atoms with Crippen molar-refractivity contribution >= 4 is 0 Å². The Bertz CT molecular complexity index is 553. The molecule has 0 aromatic carbocycles. The van der Waals surface area contributed by atoms with Crippen LogP contribution in [0.25, 0.3) is 11.1 Å². The number of hydrogen-bond donors (Lipinski definition) is 1. The molecule has 0 aliphatic carbocycles. The Kier molecular flexibility index (Phi) is 3.34. The molecule has 1 aliphatic rings. The van der Waals surface area contributed by atoms with Crippen LogP contribution < -0.4 is 5.32 Å². The van der Waals surface area contributed by atoms with E-state index < -0.39 is 0 Å².